The fraction of sp³-hybridized carbons (Fsp3) is 0.300. The molecule has 0 radical (unpaired) electrons. The molecule has 2 aliphatic rings. The van der Waals surface area contributed by atoms with Gasteiger partial charge in [0.25, 0.3) is 5.91 Å². The van der Waals surface area contributed by atoms with E-state index >= 15 is 0 Å². The molecule has 2 aliphatic heterocycles. The minimum Gasteiger partial charge on any atom is -0.497 e. The summed E-state index contributed by atoms with van der Waals surface area (Å²) in [5, 5.41) is 0. The second kappa shape index (κ2) is 7.27. The van der Waals surface area contributed by atoms with Gasteiger partial charge in [0.2, 0.25) is 0 Å². The number of hydrogen-bond donors (Lipinski definition) is 1. The van der Waals surface area contributed by atoms with Gasteiger partial charge in [-0.25, -0.2) is 4.99 Å². The van der Waals surface area contributed by atoms with Gasteiger partial charge < -0.3 is 14.4 Å². The average molecular weight is 352 g/mol. The third-order valence-corrected chi connectivity index (χ3v) is 4.79. The summed E-state index contributed by atoms with van der Waals surface area (Å²) in [5.41, 5.74) is 3.06. The highest BCUT2D eigenvalue weighted by atomic mass is 16.5. The third-order valence-electron chi connectivity index (χ3n) is 4.79. The second-order valence-electron chi connectivity index (χ2n) is 6.43. The van der Waals surface area contributed by atoms with Crippen molar-refractivity contribution in [2.24, 2.45) is 4.99 Å². The number of nitrogens with zero attached hydrogens (tertiary/aromatic N) is 2. The molecule has 6 heteroatoms. The summed E-state index contributed by atoms with van der Waals surface area (Å²) >= 11 is 0. The van der Waals surface area contributed by atoms with E-state index in [-0.39, 0.29) is 5.91 Å². The molecule has 0 unspecified atom stereocenters. The zero-order valence-corrected chi connectivity index (χ0v) is 14.8. The summed E-state index contributed by atoms with van der Waals surface area (Å²) in [6.07, 6.45) is 0. The van der Waals surface area contributed by atoms with Crippen molar-refractivity contribution in [1.29, 1.82) is 0 Å². The molecule has 0 saturated carbocycles. The van der Waals surface area contributed by atoms with Crippen LogP contribution in [0.3, 0.4) is 0 Å². The maximum atomic E-state index is 13.1. The van der Waals surface area contributed by atoms with Gasteiger partial charge >= 0.3 is 0 Å². The standard InChI is InChI=1S/C20H21N3O3/c1-25-16-8-6-15(7-9-16)21-19-17-4-2-3-5-18(17)23(20(19)24)14-22-10-12-26-13-11-22/h2-9H,10-14H2,1H3/p+1. The fourth-order valence-corrected chi connectivity index (χ4v) is 3.35. The van der Waals surface area contributed by atoms with Crippen LogP contribution in [0.25, 0.3) is 0 Å². The first-order chi connectivity index (χ1) is 12.8. The molecular weight excluding hydrogens is 330 g/mol. The normalized spacial score (nSPS) is 19.0. The Bertz CT molecular complexity index is 826. The van der Waals surface area contributed by atoms with Gasteiger partial charge in [0.1, 0.15) is 24.6 Å². The third kappa shape index (κ3) is 3.21. The lowest BCUT2D eigenvalue weighted by Crippen LogP contribution is -3.15. The van der Waals surface area contributed by atoms with Crippen LogP contribution in [0, 0.1) is 0 Å². The summed E-state index contributed by atoms with van der Waals surface area (Å²) in [7, 11) is 1.63. The molecule has 1 saturated heterocycles. The highest BCUT2D eigenvalue weighted by Crippen LogP contribution is 2.30. The molecule has 2 aromatic rings. The number of carbonyl (C=O) groups is 1. The van der Waals surface area contributed by atoms with Crippen molar-refractivity contribution in [1.82, 2.24) is 0 Å². The van der Waals surface area contributed by atoms with Crippen LogP contribution >= 0.6 is 0 Å². The Morgan fingerprint density at radius 2 is 1.85 bits per heavy atom. The smallest absolute Gasteiger partial charge is 0.281 e. The number of rotatable bonds is 4. The van der Waals surface area contributed by atoms with Gasteiger partial charge in [0, 0.05) is 5.56 Å². The van der Waals surface area contributed by atoms with Crippen LogP contribution in [-0.2, 0) is 9.53 Å². The SMILES string of the molecule is COc1ccc(N=C2C(=O)N(C[NH+]3CCOCC3)c3ccccc32)cc1. The topological polar surface area (TPSA) is 55.6 Å². The number of quaternary nitrogens is 1. The highest BCUT2D eigenvalue weighted by Gasteiger charge is 2.36. The predicted molar refractivity (Wildman–Crippen MR) is 99.5 cm³/mol. The summed E-state index contributed by atoms with van der Waals surface area (Å²) < 4.78 is 10.6. The zero-order chi connectivity index (χ0) is 17.9. The van der Waals surface area contributed by atoms with Crippen LogP contribution in [0.4, 0.5) is 11.4 Å². The number of amides is 1. The number of morpholine rings is 1. The van der Waals surface area contributed by atoms with Gasteiger partial charge in [-0.1, -0.05) is 18.2 Å². The van der Waals surface area contributed by atoms with Crippen LogP contribution in [-0.4, -0.2) is 51.7 Å². The van der Waals surface area contributed by atoms with Crippen LogP contribution in [0.5, 0.6) is 5.75 Å². The molecule has 2 heterocycles. The first kappa shape index (κ1) is 16.8. The average Bonchev–Trinajstić information content (AvgIpc) is 2.95. The van der Waals surface area contributed by atoms with E-state index in [1.165, 1.54) is 4.90 Å². The summed E-state index contributed by atoms with van der Waals surface area (Å²) in [6.45, 7) is 3.95. The van der Waals surface area contributed by atoms with Crippen LogP contribution in [0.15, 0.2) is 53.5 Å². The van der Waals surface area contributed by atoms with Crippen molar-refractivity contribution >= 4 is 23.0 Å². The monoisotopic (exact) mass is 352 g/mol. The molecule has 1 amide bonds. The van der Waals surface area contributed by atoms with E-state index in [4.69, 9.17) is 9.47 Å². The van der Waals surface area contributed by atoms with Gasteiger partial charge in [-0.15, -0.1) is 0 Å². The Balaban J connectivity index is 1.65. The quantitative estimate of drug-likeness (QED) is 0.894. The summed E-state index contributed by atoms with van der Waals surface area (Å²) in [6, 6.07) is 15.3. The Kier molecular flexibility index (Phi) is 4.69. The van der Waals surface area contributed by atoms with Gasteiger partial charge in [-0.2, -0.15) is 0 Å². The summed E-state index contributed by atoms with van der Waals surface area (Å²) in [5.74, 6) is 0.727. The number of anilines is 1. The molecule has 6 nitrogen and oxygen atoms in total. The van der Waals surface area contributed by atoms with E-state index in [1.54, 1.807) is 7.11 Å². The van der Waals surface area contributed by atoms with Crippen LogP contribution < -0.4 is 14.5 Å². The Morgan fingerprint density at radius 3 is 2.58 bits per heavy atom. The Morgan fingerprint density at radius 1 is 1.12 bits per heavy atom. The van der Waals surface area contributed by atoms with Gasteiger partial charge in [0.15, 0.2) is 6.67 Å². The number of para-hydroxylation sites is 1. The van der Waals surface area contributed by atoms with Crippen molar-refractivity contribution in [3.63, 3.8) is 0 Å². The number of carbonyl (C=O) groups excluding carboxylic acids is 1. The molecule has 26 heavy (non-hydrogen) atoms. The first-order valence-electron chi connectivity index (χ1n) is 8.81. The van der Waals surface area contributed by atoms with Gasteiger partial charge in [-0.05, 0) is 30.3 Å². The van der Waals surface area contributed by atoms with E-state index in [2.05, 4.69) is 4.99 Å². The molecule has 1 N–H and O–H groups in total. The predicted octanol–water partition coefficient (Wildman–Crippen LogP) is 1.04. The first-order valence-corrected chi connectivity index (χ1v) is 8.81. The number of methoxy groups -OCH3 is 1. The molecule has 0 aliphatic carbocycles. The van der Waals surface area contributed by atoms with E-state index in [0.717, 1.165) is 49.0 Å². The van der Waals surface area contributed by atoms with E-state index in [0.29, 0.717) is 12.4 Å². The van der Waals surface area contributed by atoms with E-state index < -0.39 is 0 Å². The van der Waals surface area contributed by atoms with Crippen LogP contribution in [0.2, 0.25) is 0 Å². The molecule has 2 aromatic carbocycles. The molecule has 0 spiro atoms. The van der Waals surface area contributed by atoms with Crippen LogP contribution in [0.1, 0.15) is 5.56 Å². The number of hydrogen-bond acceptors (Lipinski definition) is 4. The molecule has 1 fully saturated rings. The minimum atomic E-state index is -0.0407. The van der Waals surface area contributed by atoms with Crippen molar-refractivity contribution in [2.75, 3.05) is 45.0 Å². The van der Waals surface area contributed by atoms with Gasteiger partial charge in [-0.3, -0.25) is 9.69 Å². The number of benzene rings is 2. The van der Waals surface area contributed by atoms with Crippen molar-refractivity contribution in [2.45, 2.75) is 0 Å². The maximum absolute atomic E-state index is 13.1. The lowest BCUT2D eigenvalue weighted by Gasteiger charge is -2.27. The zero-order valence-electron chi connectivity index (χ0n) is 14.8. The Hall–Kier alpha value is -2.70. The van der Waals surface area contributed by atoms with E-state index in [1.807, 2.05) is 53.4 Å². The number of ether oxygens (including phenoxy) is 2. The molecule has 134 valence electrons. The maximum Gasteiger partial charge on any atom is 0.281 e. The minimum absolute atomic E-state index is 0.0407. The summed E-state index contributed by atoms with van der Waals surface area (Å²) in [4.78, 5) is 20.9. The lowest BCUT2D eigenvalue weighted by molar-refractivity contribution is -0.906. The van der Waals surface area contributed by atoms with E-state index in [9.17, 15) is 4.79 Å². The van der Waals surface area contributed by atoms with Gasteiger partial charge in [0.05, 0.1) is 31.7 Å². The number of nitrogens with one attached hydrogen (secondary N) is 1. The number of aliphatic imine (C=N–C) groups is 1. The largest absolute Gasteiger partial charge is 0.497 e. The van der Waals surface area contributed by atoms with Crippen molar-refractivity contribution in [3.8, 4) is 5.75 Å². The Labute approximate surface area is 152 Å². The lowest BCUT2D eigenvalue weighted by atomic mass is 10.1. The fourth-order valence-electron chi connectivity index (χ4n) is 3.35. The molecule has 0 aromatic heterocycles. The second-order valence-corrected chi connectivity index (χ2v) is 6.43. The molecule has 0 bridgehead atoms. The number of fused-ring (bicyclic) bond motifs is 1. The van der Waals surface area contributed by atoms with Crippen molar-refractivity contribution in [3.05, 3.63) is 54.1 Å². The molecule has 4 rings (SSSR count). The molecule has 0 atom stereocenters. The highest BCUT2D eigenvalue weighted by molar-refractivity contribution is 6.54. The molecular formula is C20H22N3O3+. The van der Waals surface area contributed by atoms with Crippen molar-refractivity contribution < 1.29 is 19.2 Å².